The topological polar surface area (TPSA) is 85.0 Å². The van der Waals surface area contributed by atoms with E-state index in [2.05, 4.69) is 20.7 Å². The van der Waals surface area contributed by atoms with E-state index in [0.717, 1.165) is 0 Å². The second-order valence-corrected chi connectivity index (χ2v) is 6.99. The van der Waals surface area contributed by atoms with Crippen molar-refractivity contribution in [2.45, 2.75) is 24.7 Å². The van der Waals surface area contributed by atoms with Gasteiger partial charge in [0.25, 0.3) is 5.91 Å². The Bertz CT molecular complexity index is 1050. The number of amides is 1. The summed E-state index contributed by atoms with van der Waals surface area (Å²) in [6.45, 7) is 0. The van der Waals surface area contributed by atoms with Crippen molar-refractivity contribution >= 4 is 40.6 Å². The van der Waals surface area contributed by atoms with E-state index in [1.807, 2.05) is 0 Å². The molecule has 2 N–H and O–H groups in total. The van der Waals surface area contributed by atoms with E-state index >= 15 is 0 Å². The number of pyridine rings is 1. The summed E-state index contributed by atoms with van der Waals surface area (Å²) in [5.74, 6) is -0.621. The van der Waals surface area contributed by atoms with Gasteiger partial charge in [0.2, 0.25) is 0 Å². The van der Waals surface area contributed by atoms with Crippen LogP contribution >= 0.6 is 23.2 Å². The lowest BCUT2D eigenvalue weighted by Crippen LogP contribution is -2.35. The Balaban J connectivity index is 1.71. The maximum absolute atomic E-state index is 13.7. The number of nitrogens with one attached hydrogen (secondary N) is 2. The molecule has 3 aromatic heterocycles. The number of hydrogen-bond donors (Lipinski definition) is 2. The van der Waals surface area contributed by atoms with Gasteiger partial charge in [0, 0.05) is 12.6 Å². The fraction of sp³-hybridized carbons (Fsp3) is 0.235. The zero-order valence-electron chi connectivity index (χ0n) is 14.4. The summed E-state index contributed by atoms with van der Waals surface area (Å²) in [5.41, 5.74) is -0.196. The number of alkyl halides is 3. The number of fused-ring (bicyclic) bond motifs is 1. The Labute approximate surface area is 171 Å². The smallest absolute Gasteiger partial charge is 0.410 e. The summed E-state index contributed by atoms with van der Waals surface area (Å²) < 4.78 is 47.0. The molecule has 0 radical (unpaired) electrons. The molecule has 0 aromatic carbocycles. The maximum Gasteiger partial charge on any atom is 0.410 e. The van der Waals surface area contributed by atoms with Crippen LogP contribution in [0.5, 0.6) is 0 Å². The van der Waals surface area contributed by atoms with Crippen LogP contribution in [-0.4, -0.2) is 26.8 Å². The highest BCUT2D eigenvalue weighted by Crippen LogP contribution is 2.46. The van der Waals surface area contributed by atoms with Gasteiger partial charge in [-0.3, -0.25) is 4.79 Å². The van der Waals surface area contributed by atoms with E-state index in [4.69, 9.17) is 27.6 Å². The lowest BCUT2D eigenvalue weighted by molar-refractivity contribution is -0.174. The number of aromatic nitrogens is 3. The van der Waals surface area contributed by atoms with Gasteiger partial charge in [-0.05, 0) is 24.3 Å². The van der Waals surface area contributed by atoms with Crippen molar-refractivity contribution in [2.24, 2.45) is 0 Å². The van der Waals surface area contributed by atoms with Crippen molar-refractivity contribution in [2.75, 3.05) is 10.6 Å². The number of hydrogen-bond acceptors (Lipinski definition) is 5. The molecule has 1 amide bonds. The van der Waals surface area contributed by atoms with Crippen LogP contribution in [0.25, 0.3) is 0 Å². The molecule has 0 spiro atoms. The molecule has 3 aromatic rings. The number of rotatable bonds is 3. The molecular weight excluding hydrogens is 434 g/mol. The van der Waals surface area contributed by atoms with Crippen molar-refractivity contribution in [1.29, 1.82) is 0 Å². The van der Waals surface area contributed by atoms with Crippen LogP contribution in [0.15, 0.2) is 41.1 Å². The maximum atomic E-state index is 13.7. The van der Waals surface area contributed by atoms with E-state index in [0.29, 0.717) is 10.4 Å². The molecule has 0 saturated heterocycles. The molecule has 1 aliphatic heterocycles. The van der Waals surface area contributed by atoms with Gasteiger partial charge in [-0.25, -0.2) is 9.67 Å². The second kappa shape index (κ2) is 7.27. The lowest BCUT2D eigenvalue weighted by atomic mass is 10.0. The van der Waals surface area contributed by atoms with Crippen molar-refractivity contribution in [3.05, 3.63) is 58.4 Å². The van der Waals surface area contributed by atoms with Gasteiger partial charge >= 0.3 is 6.18 Å². The fourth-order valence-corrected chi connectivity index (χ4v) is 3.50. The Morgan fingerprint density at radius 3 is 2.76 bits per heavy atom. The summed E-state index contributed by atoms with van der Waals surface area (Å²) in [5, 5.41) is 8.94. The van der Waals surface area contributed by atoms with Crippen molar-refractivity contribution in [3.8, 4) is 0 Å². The molecular formula is C17H12Cl2F3N5O2. The highest BCUT2D eigenvalue weighted by Gasteiger charge is 2.48. The molecule has 4 rings (SSSR count). The Kier molecular flexibility index (Phi) is 4.91. The zero-order chi connectivity index (χ0) is 20.8. The van der Waals surface area contributed by atoms with Gasteiger partial charge in [-0.2, -0.15) is 18.3 Å². The number of halogens is 5. The first-order valence-corrected chi connectivity index (χ1v) is 9.08. The van der Waals surface area contributed by atoms with Crippen LogP contribution < -0.4 is 10.6 Å². The summed E-state index contributed by atoms with van der Waals surface area (Å²) in [6.07, 6.45) is -2.20. The molecule has 0 fully saturated rings. The minimum Gasteiger partial charge on any atom is -0.467 e. The van der Waals surface area contributed by atoms with Gasteiger partial charge in [0.05, 0.1) is 18.0 Å². The van der Waals surface area contributed by atoms with E-state index in [1.54, 1.807) is 12.1 Å². The third-order valence-electron chi connectivity index (χ3n) is 4.40. The third kappa shape index (κ3) is 3.65. The number of furan rings is 1. The number of anilines is 2. The minimum atomic E-state index is -4.61. The normalized spacial score (nSPS) is 18.8. The fourth-order valence-electron chi connectivity index (χ4n) is 3.07. The molecule has 0 unspecified atom stereocenters. The highest BCUT2D eigenvalue weighted by molar-refractivity contribution is 6.37. The average molecular weight is 446 g/mol. The average Bonchev–Trinajstić information content (AvgIpc) is 3.31. The van der Waals surface area contributed by atoms with Crippen LogP contribution in [0.1, 0.15) is 34.8 Å². The molecule has 4 heterocycles. The molecule has 1 aliphatic rings. The van der Waals surface area contributed by atoms with Crippen LogP contribution in [0, 0.1) is 0 Å². The monoisotopic (exact) mass is 445 g/mol. The van der Waals surface area contributed by atoms with Crippen LogP contribution in [0.2, 0.25) is 10.2 Å². The van der Waals surface area contributed by atoms with Gasteiger partial charge in [-0.15, -0.1) is 0 Å². The molecule has 7 nitrogen and oxygen atoms in total. The molecule has 12 heteroatoms. The highest BCUT2D eigenvalue weighted by atomic mass is 35.5. The van der Waals surface area contributed by atoms with E-state index in [-0.39, 0.29) is 33.8 Å². The third-order valence-corrected chi connectivity index (χ3v) is 5.06. The van der Waals surface area contributed by atoms with Crippen molar-refractivity contribution in [3.63, 3.8) is 0 Å². The number of nitrogens with zero attached hydrogens (tertiary/aromatic N) is 3. The first-order valence-electron chi connectivity index (χ1n) is 8.32. The minimum absolute atomic E-state index is 0.0186. The summed E-state index contributed by atoms with van der Waals surface area (Å²) in [6, 6.07) is 3.38. The van der Waals surface area contributed by atoms with E-state index in [9.17, 15) is 18.0 Å². The molecule has 29 heavy (non-hydrogen) atoms. The predicted molar refractivity (Wildman–Crippen MR) is 99.2 cm³/mol. The summed E-state index contributed by atoms with van der Waals surface area (Å²) in [4.78, 5) is 16.4. The summed E-state index contributed by atoms with van der Waals surface area (Å²) >= 11 is 12.1. The van der Waals surface area contributed by atoms with E-state index < -0.39 is 24.2 Å². The molecule has 0 saturated carbocycles. The Hall–Kier alpha value is -2.72. The van der Waals surface area contributed by atoms with Crippen LogP contribution in [-0.2, 0) is 0 Å². The summed E-state index contributed by atoms with van der Waals surface area (Å²) in [7, 11) is 0. The van der Waals surface area contributed by atoms with Gasteiger partial charge in [-0.1, -0.05) is 23.2 Å². The van der Waals surface area contributed by atoms with Crippen molar-refractivity contribution < 1.29 is 22.4 Å². The first-order chi connectivity index (χ1) is 13.8. The largest absolute Gasteiger partial charge is 0.467 e. The van der Waals surface area contributed by atoms with Gasteiger partial charge < -0.3 is 15.1 Å². The quantitative estimate of drug-likeness (QED) is 0.548. The van der Waals surface area contributed by atoms with Gasteiger partial charge in [0.15, 0.2) is 16.9 Å². The van der Waals surface area contributed by atoms with Gasteiger partial charge in [0.1, 0.15) is 16.6 Å². The SMILES string of the molecule is O=C(Nc1cccnc1Cl)c1nn2c(c1Cl)N[C@H](c1ccco1)C[C@H]2C(F)(F)F. The predicted octanol–water partition coefficient (Wildman–Crippen LogP) is 5.09. The molecule has 0 aliphatic carbocycles. The Morgan fingerprint density at radius 2 is 2.10 bits per heavy atom. The molecule has 0 bridgehead atoms. The standard InChI is InChI=1S/C17H12Cl2F3N5O2/c18-12-13(16(28)25-8-3-1-5-23-14(8)19)26-27-11(17(20,21)22)7-9(24-15(12)27)10-4-2-6-29-10/h1-6,9,11,24H,7H2,(H,25,28)/t9-,11-/m0/s1. The zero-order valence-corrected chi connectivity index (χ0v) is 15.9. The number of carbonyl (C=O) groups is 1. The Morgan fingerprint density at radius 1 is 1.31 bits per heavy atom. The molecule has 2 atom stereocenters. The molecule has 152 valence electrons. The van der Waals surface area contributed by atoms with Crippen LogP contribution in [0.4, 0.5) is 24.7 Å². The second-order valence-electron chi connectivity index (χ2n) is 6.26. The lowest BCUT2D eigenvalue weighted by Gasteiger charge is -2.32. The van der Waals surface area contributed by atoms with E-state index in [1.165, 1.54) is 24.6 Å². The first kappa shape index (κ1) is 19.6. The van der Waals surface area contributed by atoms with Crippen molar-refractivity contribution in [1.82, 2.24) is 14.8 Å². The van der Waals surface area contributed by atoms with Crippen LogP contribution in [0.3, 0.4) is 0 Å². The number of carbonyl (C=O) groups excluding carboxylic acids is 1.